The minimum Gasteiger partial charge on any atom is -0.462 e. The van der Waals surface area contributed by atoms with Crippen LogP contribution in [0.2, 0.25) is 0 Å². The summed E-state index contributed by atoms with van der Waals surface area (Å²) in [6, 6.07) is 0. The maximum absolute atomic E-state index is 12.8. The van der Waals surface area contributed by atoms with Gasteiger partial charge in [-0.25, -0.2) is 9.78 Å². The largest absolute Gasteiger partial charge is 0.462 e. The Hall–Kier alpha value is -2.70. The fraction of sp³-hybridized carbons (Fsp3) is 0.375. The first-order valence-electron chi connectivity index (χ1n) is 8.21. The summed E-state index contributed by atoms with van der Waals surface area (Å²) in [5.74, 6) is -0.934. The van der Waals surface area contributed by atoms with E-state index >= 15 is 0 Å². The molecule has 148 valence electrons. The smallest absolute Gasteiger partial charge is 0.348 e. The molecule has 0 unspecified atom stereocenters. The lowest BCUT2D eigenvalue weighted by Crippen LogP contribution is -2.27. The molecule has 12 heteroatoms. The summed E-state index contributed by atoms with van der Waals surface area (Å²) in [7, 11) is 1.54. The average Bonchev–Trinajstić information content (AvgIpc) is 3.22. The summed E-state index contributed by atoms with van der Waals surface area (Å²) in [4.78, 5) is 42.0. The lowest BCUT2D eigenvalue weighted by Gasteiger charge is -2.05. The molecule has 0 saturated carbocycles. The Morgan fingerprint density at radius 1 is 1.29 bits per heavy atom. The van der Waals surface area contributed by atoms with E-state index in [-0.39, 0.29) is 13.2 Å². The topological polar surface area (TPSA) is 125 Å². The van der Waals surface area contributed by atoms with E-state index in [2.05, 4.69) is 20.5 Å². The molecule has 28 heavy (non-hydrogen) atoms. The van der Waals surface area contributed by atoms with Gasteiger partial charge >= 0.3 is 5.97 Å². The number of hydrogen-bond acceptors (Lipinski definition) is 10. The van der Waals surface area contributed by atoms with Gasteiger partial charge in [-0.2, -0.15) is 0 Å². The second kappa shape index (κ2) is 8.54. The van der Waals surface area contributed by atoms with E-state index in [0.717, 1.165) is 11.3 Å². The Labute approximate surface area is 167 Å². The van der Waals surface area contributed by atoms with Crippen molar-refractivity contribution in [2.45, 2.75) is 27.0 Å². The molecule has 3 rings (SSSR count). The minimum atomic E-state index is -0.491. The van der Waals surface area contributed by atoms with Gasteiger partial charge in [-0.1, -0.05) is 11.3 Å². The molecule has 3 aromatic heterocycles. The molecule has 0 bridgehead atoms. The van der Waals surface area contributed by atoms with Crippen molar-refractivity contribution >= 4 is 49.9 Å². The predicted molar refractivity (Wildman–Crippen MR) is 104 cm³/mol. The number of nitrogens with one attached hydrogen (secondary N) is 1. The van der Waals surface area contributed by atoms with Gasteiger partial charge in [0.15, 0.2) is 0 Å². The number of anilines is 1. The van der Waals surface area contributed by atoms with Gasteiger partial charge in [-0.05, 0) is 19.4 Å². The maximum Gasteiger partial charge on any atom is 0.348 e. The highest BCUT2D eigenvalue weighted by molar-refractivity contribution is 7.20. The molecule has 0 aliphatic rings. The zero-order chi connectivity index (χ0) is 20.3. The first kappa shape index (κ1) is 20.0. The van der Waals surface area contributed by atoms with Crippen molar-refractivity contribution in [1.29, 1.82) is 0 Å². The number of fused-ring (bicyclic) bond motifs is 1. The molecule has 3 aromatic rings. The molecule has 0 saturated heterocycles. The van der Waals surface area contributed by atoms with Crippen LogP contribution in [0.4, 0.5) is 5.13 Å². The van der Waals surface area contributed by atoms with Crippen molar-refractivity contribution in [1.82, 2.24) is 19.7 Å². The van der Waals surface area contributed by atoms with Crippen LogP contribution in [0.15, 0.2) is 11.1 Å². The van der Waals surface area contributed by atoms with E-state index in [0.29, 0.717) is 37.4 Å². The summed E-state index contributed by atoms with van der Waals surface area (Å²) in [6.45, 7) is 3.67. The van der Waals surface area contributed by atoms with Crippen LogP contribution >= 0.6 is 22.7 Å². The first-order valence-corrected chi connectivity index (χ1v) is 9.84. The second-order valence-electron chi connectivity index (χ2n) is 5.62. The van der Waals surface area contributed by atoms with Gasteiger partial charge in [0.05, 0.1) is 18.3 Å². The number of hydrogen-bond donors (Lipinski definition) is 1. The van der Waals surface area contributed by atoms with Crippen molar-refractivity contribution < 1.29 is 19.1 Å². The molecule has 1 amide bonds. The monoisotopic (exact) mass is 423 g/mol. The van der Waals surface area contributed by atoms with E-state index in [1.807, 2.05) is 0 Å². The Kier molecular flexibility index (Phi) is 6.11. The van der Waals surface area contributed by atoms with Crippen molar-refractivity contribution in [2.24, 2.45) is 0 Å². The van der Waals surface area contributed by atoms with E-state index in [1.165, 1.54) is 29.3 Å². The van der Waals surface area contributed by atoms with Crippen molar-refractivity contribution in [3.8, 4) is 0 Å². The van der Waals surface area contributed by atoms with Crippen LogP contribution in [0.3, 0.4) is 0 Å². The lowest BCUT2D eigenvalue weighted by atomic mass is 10.2. The molecular formula is C16H17N5O5S2. The molecule has 0 fully saturated rings. The van der Waals surface area contributed by atoms with Crippen LogP contribution in [-0.2, 0) is 27.4 Å². The number of nitrogens with zero attached hydrogens (tertiary/aromatic N) is 4. The standard InChI is InChI=1S/C16H17N5O5S2/c1-4-26-15(24)12-8(2)11-13(28-12)17-7-21(14(11)23)5-9(22)18-16-20-19-10(27-16)6-25-3/h7H,4-6H2,1-3H3,(H,18,20,22). The van der Waals surface area contributed by atoms with Crippen LogP contribution < -0.4 is 10.9 Å². The molecule has 0 aliphatic carbocycles. The number of amides is 1. The number of aromatic nitrogens is 4. The molecule has 0 radical (unpaired) electrons. The maximum atomic E-state index is 12.8. The number of ether oxygens (including phenoxy) is 2. The van der Waals surface area contributed by atoms with Gasteiger partial charge in [0.25, 0.3) is 5.56 Å². The SMILES string of the molecule is CCOC(=O)c1sc2ncn(CC(=O)Nc3nnc(COC)s3)c(=O)c2c1C. The highest BCUT2D eigenvalue weighted by Crippen LogP contribution is 2.27. The number of esters is 1. The average molecular weight is 423 g/mol. The molecule has 0 atom stereocenters. The van der Waals surface area contributed by atoms with Gasteiger partial charge in [0.2, 0.25) is 11.0 Å². The molecule has 0 aromatic carbocycles. The Morgan fingerprint density at radius 3 is 2.79 bits per heavy atom. The second-order valence-corrected chi connectivity index (χ2v) is 7.68. The van der Waals surface area contributed by atoms with Crippen LogP contribution in [0.25, 0.3) is 10.2 Å². The molecule has 1 N–H and O–H groups in total. The normalized spacial score (nSPS) is 11.0. The van der Waals surface area contributed by atoms with Gasteiger partial charge < -0.3 is 9.47 Å². The summed E-state index contributed by atoms with van der Waals surface area (Å²) in [5.41, 5.74) is 0.0980. The summed E-state index contributed by atoms with van der Waals surface area (Å²) >= 11 is 2.28. The van der Waals surface area contributed by atoms with Crippen LogP contribution in [0.1, 0.15) is 27.2 Å². The van der Waals surface area contributed by atoms with E-state index in [4.69, 9.17) is 9.47 Å². The van der Waals surface area contributed by atoms with Gasteiger partial charge in [0.1, 0.15) is 27.9 Å². The van der Waals surface area contributed by atoms with Gasteiger partial charge in [0, 0.05) is 7.11 Å². The van der Waals surface area contributed by atoms with Crippen LogP contribution in [-0.4, -0.2) is 45.3 Å². The van der Waals surface area contributed by atoms with Gasteiger partial charge in [-0.15, -0.1) is 21.5 Å². The predicted octanol–water partition coefficient (Wildman–Crippen LogP) is 1.58. The van der Waals surface area contributed by atoms with Crippen LogP contribution in [0, 0.1) is 6.92 Å². The summed E-state index contributed by atoms with van der Waals surface area (Å²) in [6.07, 6.45) is 1.28. The Balaban J connectivity index is 1.82. The highest BCUT2D eigenvalue weighted by Gasteiger charge is 2.21. The number of carbonyl (C=O) groups is 2. The van der Waals surface area contributed by atoms with Crippen molar-refractivity contribution in [3.63, 3.8) is 0 Å². The minimum absolute atomic E-state index is 0.238. The highest BCUT2D eigenvalue weighted by atomic mass is 32.1. The third-order valence-electron chi connectivity index (χ3n) is 3.67. The number of methoxy groups -OCH3 is 1. The fourth-order valence-electron chi connectivity index (χ4n) is 2.46. The van der Waals surface area contributed by atoms with E-state index in [1.54, 1.807) is 13.8 Å². The molecule has 0 aliphatic heterocycles. The molecule has 3 heterocycles. The van der Waals surface area contributed by atoms with Crippen molar-refractivity contribution in [2.75, 3.05) is 19.0 Å². The number of aryl methyl sites for hydroxylation is 1. The Morgan fingerprint density at radius 2 is 2.07 bits per heavy atom. The van der Waals surface area contributed by atoms with Gasteiger partial charge in [-0.3, -0.25) is 19.5 Å². The van der Waals surface area contributed by atoms with E-state index in [9.17, 15) is 14.4 Å². The summed E-state index contributed by atoms with van der Waals surface area (Å²) in [5, 5.41) is 11.6. The molecular weight excluding hydrogens is 406 g/mol. The lowest BCUT2D eigenvalue weighted by molar-refractivity contribution is -0.116. The van der Waals surface area contributed by atoms with E-state index < -0.39 is 17.4 Å². The fourth-order valence-corrected chi connectivity index (χ4v) is 4.22. The quantitative estimate of drug-likeness (QED) is 0.568. The number of carbonyl (C=O) groups excluding carboxylic acids is 2. The van der Waals surface area contributed by atoms with Crippen LogP contribution in [0.5, 0.6) is 0 Å². The Bertz CT molecular complexity index is 1090. The third-order valence-corrected chi connectivity index (χ3v) is 5.67. The van der Waals surface area contributed by atoms with Crippen molar-refractivity contribution in [3.05, 3.63) is 32.1 Å². The zero-order valence-electron chi connectivity index (χ0n) is 15.3. The molecule has 10 nitrogen and oxygen atoms in total. The third kappa shape index (κ3) is 4.08. The zero-order valence-corrected chi connectivity index (χ0v) is 17.0. The number of rotatable bonds is 7. The first-order chi connectivity index (χ1) is 13.4. The number of thiophene rings is 1. The summed E-state index contributed by atoms with van der Waals surface area (Å²) < 4.78 is 11.1. The molecule has 0 spiro atoms.